The summed E-state index contributed by atoms with van der Waals surface area (Å²) in [6.45, 7) is 0.500. The van der Waals surface area contributed by atoms with Gasteiger partial charge in [-0.3, -0.25) is 0 Å². The average Bonchev–Trinajstić information content (AvgIpc) is 2.93. The Morgan fingerprint density at radius 3 is 2.50 bits per heavy atom. The molecule has 2 aromatic carbocycles. The second kappa shape index (κ2) is 5.80. The van der Waals surface area contributed by atoms with Gasteiger partial charge in [0.2, 0.25) is 0 Å². The predicted octanol–water partition coefficient (Wildman–Crippen LogP) is 4.57. The first-order valence-electron chi connectivity index (χ1n) is 6.20. The van der Waals surface area contributed by atoms with Crippen molar-refractivity contribution in [1.29, 1.82) is 0 Å². The summed E-state index contributed by atoms with van der Waals surface area (Å²) in [6, 6.07) is 17.6. The number of oxazole rings is 1. The molecule has 0 fully saturated rings. The highest BCUT2D eigenvalue weighted by atomic mass is 35.5. The van der Waals surface area contributed by atoms with E-state index in [1.165, 1.54) is 0 Å². The lowest BCUT2D eigenvalue weighted by Gasteiger charge is -2.09. The number of benzene rings is 2. The van der Waals surface area contributed by atoms with Crippen LogP contribution in [0.25, 0.3) is 11.3 Å². The predicted molar refractivity (Wildman–Crippen MR) is 77.7 cm³/mol. The van der Waals surface area contributed by atoms with E-state index in [4.69, 9.17) is 20.8 Å². The molecule has 0 saturated carbocycles. The molecule has 0 N–H and O–H groups in total. The van der Waals surface area contributed by atoms with E-state index in [0.29, 0.717) is 12.4 Å². The highest BCUT2D eigenvalue weighted by molar-refractivity contribution is 6.27. The lowest BCUT2D eigenvalue weighted by molar-refractivity contribution is 0.307. The summed E-state index contributed by atoms with van der Waals surface area (Å²) in [6.07, 6.45) is 1.59. The second-order valence-electron chi connectivity index (χ2n) is 4.25. The van der Waals surface area contributed by atoms with Gasteiger partial charge >= 0.3 is 0 Å². The van der Waals surface area contributed by atoms with Gasteiger partial charge in [0.15, 0.2) is 5.76 Å². The minimum atomic E-state index is 0.123. The van der Waals surface area contributed by atoms with Gasteiger partial charge in [0, 0.05) is 0 Å². The maximum atomic E-state index is 5.86. The Morgan fingerprint density at radius 1 is 1.00 bits per heavy atom. The van der Waals surface area contributed by atoms with E-state index in [1.807, 2.05) is 54.6 Å². The van der Waals surface area contributed by atoms with Crippen LogP contribution in [0.4, 0.5) is 0 Å². The highest BCUT2D eigenvalue weighted by Gasteiger charge is 2.10. The van der Waals surface area contributed by atoms with Crippen LogP contribution in [-0.2, 0) is 6.61 Å². The van der Waals surface area contributed by atoms with Crippen LogP contribution >= 0.6 is 11.6 Å². The van der Waals surface area contributed by atoms with Crippen LogP contribution in [0.15, 0.2) is 65.2 Å². The van der Waals surface area contributed by atoms with Crippen molar-refractivity contribution in [2.24, 2.45) is 0 Å². The molecule has 0 atom stereocenters. The first-order valence-corrected chi connectivity index (χ1v) is 6.58. The number of rotatable bonds is 4. The van der Waals surface area contributed by atoms with Crippen LogP contribution in [0.3, 0.4) is 0 Å². The van der Waals surface area contributed by atoms with Crippen molar-refractivity contribution in [1.82, 2.24) is 4.98 Å². The summed E-state index contributed by atoms with van der Waals surface area (Å²) in [5.74, 6) is 1.34. The smallest absolute Gasteiger partial charge is 0.292 e. The molecule has 0 radical (unpaired) electrons. The van der Waals surface area contributed by atoms with E-state index in [0.717, 1.165) is 16.9 Å². The van der Waals surface area contributed by atoms with Crippen LogP contribution < -0.4 is 4.74 Å². The monoisotopic (exact) mass is 285 g/mol. The molecule has 3 nitrogen and oxygen atoms in total. The minimum Gasteiger partial charge on any atom is -0.488 e. The lowest BCUT2D eigenvalue weighted by Crippen LogP contribution is -1.96. The van der Waals surface area contributed by atoms with Crippen LogP contribution in [0, 0.1) is 0 Å². The normalized spacial score (nSPS) is 10.4. The summed E-state index contributed by atoms with van der Waals surface area (Å²) in [5, 5.41) is 0.123. The fourth-order valence-electron chi connectivity index (χ4n) is 1.91. The molecule has 3 aromatic rings. The van der Waals surface area contributed by atoms with E-state index >= 15 is 0 Å². The van der Waals surface area contributed by atoms with Crippen molar-refractivity contribution in [2.45, 2.75) is 6.61 Å². The molecule has 0 saturated heterocycles. The van der Waals surface area contributed by atoms with Crippen molar-refractivity contribution in [3.8, 4) is 17.1 Å². The van der Waals surface area contributed by atoms with Crippen LogP contribution in [0.5, 0.6) is 5.75 Å². The molecule has 0 aliphatic heterocycles. The van der Waals surface area contributed by atoms with Gasteiger partial charge in [-0.2, -0.15) is 0 Å². The summed E-state index contributed by atoms with van der Waals surface area (Å²) in [4.78, 5) is 3.90. The largest absolute Gasteiger partial charge is 0.488 e. The van der Waals surface area contributed by atoms with Crippen LogP contribution in [0.2, 0.25) is 5.35 Å². The zero-order valence-electron chi connectivity index (χ0n) is 10.6. The molecule has 20 heavy (non-hydrogen) atoms. The summed E-state index contributed by atoms with van der Waals surface area (Å²) >= 11 is 5.72. The van der Waals surface area contributed by atoms with Gasteiger partial charge in [0.1, 0.15) is 12.4 Å². The molecule has 0 unspecified atom stereocenters. The topological polar surface area (TPSA) is 35.3 Å². The van der Waals surface area contributed by atoms with Gasteiger partial charge in [-0.25, -0.2) is 4.98 Å². The first kappa shape index (κ1) is 12.8. The third-order valence-electron chi connectivity index (χ3n) is 2.87. The molecule has 0 amide bonds. The van der Waals surface area contributed by atoms with Crippen molar-refractivity contribution < 1.29 is 9.15 Å². The molecule has 3 rings (SSSR count). The fourth-order valence-corrected chi connectivity index (χ4v) is 2.04. The van der Waals surface area contributed by atoms with E-state index in [2.05, 4.69) is 4.98 Å². The number of ether oxygens (including phenoxy) is 1. The Hall–Kier alpha value is -2.26. The zero-order chi connectivity index (χ0) is 13.8. The van der Waals surface area contributed by atoms with Crippen LogP contribution in [0.1, 0.15) is 5.56 Å². The number of nitrogens with zero attached hydrogens (tertiary/aromatic N) is 1. The van der Waals surface area contributed by atoms with Gasteiger partial charge in [-0.15, -0.1) is 0 Å². The number of para-hydroxylation sites is 1. The number of aromatic nitrogens is 1. The van der Waals surface area contributed by atoms with Crippen molar-refractivity contribution >= 4 is 11.6 Å². The fraction of sp³-hybridized carbons (Fsp3) is 0.0625. The van der Waals surface area contributed by atoms with Gasteiger partial charge in [-0.1, -0.05) is 42.5 Å². The first-order chi connectivity index (χ1) is 9.83. The number of halogens is 1. The SMILES string of the molecule is Clc1ncc(-c2ccccc2OCc2ccccc2)o1. The Bertz CT molecular complexity index is 694. The second-order valence-corrected chi connectivity index (χ2v) is 4.57. The molecule has 1 heterocycles. The molecule has 0 spiro atoms. The zero-order valence-corrected chi connectivity index (χ0v) is 11.4. The third-order valence-corrected chi connectivity index (χ3v) is 3.04. The molecule has 0 bridgehead atoms. The quantitative estimate of drug-likeness (QED) is 0.704. The highest BCUT2D eigenvalue weighted by Crippen LogP contribution is 2.31. The van der Waals surface area contributed by atoms with E-state index in [1.54, 1.807) is 6.20 Å². The molecular formula is C16H12ClNO2. The number of hydrogen-bond donors (Lipinski definition) is 0. The van der Waals surface area contributed by atoms with E-state index in [-0.39, 0.29) is 5.35 Å². The van der Waals surface area contributed by atoms with Gasteiger partial charge in [-0.05, 0) is 29.3 Å². The summed E-state index contributed by atoms with van der Waals surface area (Å²) in [5.41, 5.74) is 1.95. The Balaban J connectivity index is 1.83. The van der Waals surface area contributed by atoms with Crippen molar-refractivity contribution in [3.63, 3.8) is 0 Å². The molecule has 0 aliphatic rings. The standard InChI is InChI=1S/C16H12ClNO2/c17-16-18-10-15(20-16)13-8-4-5-9-14(13)19-11-12-6-2-1-3-7-12/h1-10H,11H2. The molecule has 1 aromatic heterocycles. The minimum absolute atomic E-state index is 0.123. The summed E-state index contributed by atoms with van der Waals surface area (Å²) in [7, 11) is 0. The molecule has 4 heteroatoms. The lowest BCUT2D eigenvalue weighted by atomic mass is 10.1. The summed E-state index contributed by atoms with van der Waals surface area (Å²) < 4.78 is 11.2. The van der Waals surface area contributed by atoms with Crippen molar-refractivity contribution in [2.75, 3.05) is 0 Å². The maximum Gasteiger partial charge on any atom is 0.292 e. The van der Waals surface area contributed by atoms with Gasteiger partial charge in [0.05, 0.1) is 11.8 Å². The molecule has 0 aliphatic carbocycles. The molecular weight excluding hydrogens is 274 g/mol. The third kappa shape index (κ3) is 2.83. The Morgan fingerprint density at radius 2 is 1.75 bits per heavy atom. The maximum absolute atomic E-state index is 5.86. The van der Waals surface area contributed by atoms with Crippen molar-refractivity contribution in [3.05, 3.63) is 71.7 Å². The van der Waals surface area contributed by atoms with E-state index in [9.17, 15) is 0 Å². The van der Waals surface area contributed by atoms with Crippen LogP contribution in [-0.4, -0.2) is 4.98 Å². The average molecular weight is 286 g/mol. The van der Waals surface area contributed by atoms with Gasteiger partial charge < -0.3 is 9.15 Å². The molecule has 100 valence electrons. The number of hydrogen-bond acceptors (Lipinski definition) is 3. The van der Waals surface area contributed by atoms with E-state index < -0.39 is 0 Å². The van der Waals surface area contributed by atoms with Gasteiger partial charge in [0.25, 0.3) is 5.35 Å². The Kier molecular flexibility index (Phi) is 3.70. The Labute approximate surface area is 121 Å².